The van der Waals surface area contributed by atoms with E-state index < -0.39 is 15.6 Å². The molecule has 1 fully saturated rings. The summed E-state index contributed by atoms with van der Waals surface area (Å²) < 4.78 is 26.2. The number of quaternary nitrogens is 1. The number of aliphatic hydroxyl groups is 1. The molecule has 1 aliphatic carbocycles. The Morgan fingerprint density at radius 2 is 1.98 bits per heavy atom. The van der Waals surface area contributed by atoms with Crippen LogP contribution in [0.1, 0.15) is 79.4 Å². The van der Waals surface area contributed by atoms with Crippen molar-refractivity contribution in [1.82, 2.24) is 16.0 Å². The zero-order chi connectivity index (χ0) is 28.9. The first-order valence-corrected chi connectivity index (χ1v) is 16.8. The number of ketones is 1. The van der Waals surface area contributed by atoms with Gasteiger partial charge in [-0.15, -0.1) is 11.3 Å². The SMILES string of the molecule is CC1(O)CN(CC[C@@H](CC(=O)c2cc3cc4c(nc3s2)CC[C@H](C(C)(C)C)C4)c2cccc(NS(C)(=O)=O)c2)C1.[NH4+]. The number of pyridine rings is 1. The quantitative estimate of drug-likeness (QED) is 0.257. The number of aryl methyl sites for hydroxylation is 1. The van der Waals surface area contributed by atoms with Gasteiger partial charge < -0.3 is 11.3 Å². The highest BCUT2D eigenvalue weighted by Gasteiger charge is 2.36. The molecule has 0 amide bonds. The molecule has 10 heteroatoms. The minimum absolute atomic E-state index is 0. The molecule has 2 atom stereocenters. The number of thiophene rings is 1. The number of hydrogen-bond donors (Lipinski definition) is 3. The lowest BCUT2D eigenvalue weighted by Gasteiger charge is -2.44. The normalized spacial score (nSPS) is 19.6. The number of rotatable bonds is 9. The standard InChI is InChI=1S/C31H41N3O4S2.H3N/c1-30(2,3)24-9-10-26-22(14-24)13-23-17-28(39-29(23)32-26)27(35)16-21(11-12-34-18-31(4,36)19-34)20-7-6-8-25(15-20)33-40(5,37)38;/h6-8,13,15,17,21,24,33,36H,9-12,14,16,18-19H2,1-5H3;1H3/p+1/t21-,24-;/m0./s1. The van der Waals surface area contributed by atoms with Crippen LogP contribution < -0.4 is 10.9 Å². The number of fused-ring (bicyclic) bond motifs is 2. The molecule has 1 aliphatic heterocycles. The summed E-state index contributed by atoms with van der Waals surface area (Å²) >= 11 is 1.48. The van der Waals surface area contributed by atoms with Crippen LogP contribution >= 0.6 is 11.3 Å². The van der Waals surface area contributed by atoms with Gasteiger partial charge in [-0.1, -0.05) is 32.9 Å². The van der Waals surface area contributed by atoms with Crippen molar-refractivity contribution in [2.75, 3.05) is 30.6 Å². The Hall–Kier alpha value is -2.37. The number of likely N-dealkylation sites (tertiary alicyclic amines) is 1. The molecule has 41 heavy (non-hydrogen) atoms. The van der Waals surface area contributed by atoms with E-state index >= 15 is 0 Å². The molecule has 8 nitrogen and oxygen atoms in total. The monoisotopic (exact) mass is 601 g/mol. The first-order valence-electron chi connectivity index (χ1n) is 14.1. The average molecular weight is 602 g/mol. The van der Waals surface area contributed by atoms with E-state index in [1.165, 1.54) is 22.6 Å². The van der Waals surface area contributed by atoms with E-state index in [1.807, 2.05) is 31.2 Å². The van der Waals surface area contributed by atoms with Gasteiger partial charge in [-0.2, -0.15) is 0 Å². The maximum atomic E-state index is 13.7. The van der Waals surface area contributed by atoms with E-state index in [0.29, 0.717) is 31.1 Å². The van der Waals surface area contributed by atoms with Crippen molar-refractivity contribution >= 4 is 43.0 Å². The van der Waals surface area contributed by atoms with Gasteiger partial charge in [0, 0.05) is 36.3 Å². The van der Waals surface area contributed by atoms with E-state index in [-0.39, 0.29) is 23.3 Å². The zero-order valence-electron chi connectivity index (χ0n) is 25.2. The van der Waals surface area contributed by atoms with Crippen LogP contribution in [0.2, 0.25) is 0 Å². The van der Waals surface area contributed by atoms with Crippen molar-refractivity contribution in [2.24, 2.45) is 11.3 Å². The van der Waals surface area contributed by atoms with Crippen molar-refractivity contribution < 1.29 is 18.3 Å². The summed E-state index contributed by atoms with van der Waals surface area (Å²) in [5.74, 6) is 0.622. The van der Waals surface area contributed by atoms with Crippen molar-refractivity contribution in [1.29, 1.82) is 0 Å². The van der Waals surface area contributed by atoms with E-state index in [4.69, 9.17) is 4.98 Å². The molecule has 5 rings (SSSR count). The molecule has 0 radical (unpaired) electrons. The molecule has 0 spiro atoms. The summed E-state index contributed by atoms with van der Waals surface area (Å²) in [5.41, 5.74) is 3.52. The second-order valence-electron chi connectivity index (χ2n) is 13.2. The molecular weight excluding hydrogens is 556 g/mol. The van der Waals surface area contributed by atoms with Gasteiger partial charge in [-0.25, -0.2) is 13.4 Å². The molecule has 2 aromatic heterocycles. The fourth-order valence-electron chi connectivity index (χ4n) is 6.19. The van der Waals surface area contributed by atoms with Crippen molar-refractivity contribution in [2.45, 2.75) is 71.3 Å². The van der Waals surface area contributed by atoms with Crippen LogP contribution in [0.3, 0.4) is 0 Å². The zero-order valence-corrected chi connectivity index (χ0v) is 26.8. The Morgan fingerprint density at radius 1 is 1.24 bits per heavy atom. The van der Waals surface area contributed by atoms with Crippen molar-refractivity contribution in [3.8, 4) is 0 Å². The van der Waals surface area contributed by atoms with Gasteiger partial charge >= 0.3 is 0 Å². The van der Waals surface area contributed by atoms with Crippen LogP contribution in [0.25, 0.3) is 10.2 Å². The summed E-state index contributed by atoms with van der Waals surface area (Å²) in [6, 6.07) is 11.6. The number of carbonyl (C=O) groups excluding carboxylic acids is 1. The number of aromatic nitrogens is 1. The second-order valence-corrected chi connectivity index (χ2v) is 16.0. The fraction of sp³-hybridized carbons (Fsp3) is 0.548. The molecule has 2 aliphatic rings. The Morgan fingerprint density at radius 3 is 2.63 bits per heavy atom. The fourth-order valence-corrected chi connectivity index (χ4v) is 7.73. The van der Waals surface area contributed by atoms with Gasteiger partial charge in [0.2, 0.25) is 10.0 Å². The lowest BCUT2D eigenvalue weighted by atomic mass is 9.71. The lowest BCUT2D eigenvalue weighted by molar-refractivity contribution is -0.0837. The molecule has 0 saturated carbocycles. The summed E-state index contributed by atoms with van der Waals surface area (Å²) in [6.45, 7) is 10.8. The molecule has 1 aromatic carbocycles. The number of sulfonamides is 1. The van der Waals surface area contributed by atoms with E-state index in [0.717, 1.165) is 59.1 Å². The predicted octanol–water partition coefficient (Wildman–Crippen LogP) is 6.01. The molecule has 3 aromatic rings. The van der Waals surface area contributed by atoms with Crippen molar-refractivity contribution in [3.05, 3.63) is 58.1 Å². The molecular formula is C31H45N4O4S2+. The van der Waals surface area contributed by atoms with Gasteiger partial charge in [0.05, 0.1) is 16.7 Å². The minimum atomic E-state index is -3.41. The van der Waals surface area contributed by atoms with Crippen molar-refractivity contribution in [3.63, 3.8) is 0 Å². The van der Waals surface area contributed by atoms with Gasteiger partial charge in [-0.05, 0) is 91.8 Å². The number of benzene rings is 1. The Labute approximate surface area is 248 Å². The first-order chi connectivity index (χ1) is 18.6. The molecule has 1 saturated heterocycles. The Balaban J connectivity index is 0.00000387. The summed E-state index contributed by atoms with van der Waals surface area (Å²) in [4.78, 5) is 22.5. The third-order valence-electron chi connectivity index (χ3n) is 8.39. The number of hydrogen-bond acceptors (Lipinski definition) is 7. The van der Waals surface area contributed by atoms with E-state index in [9.17, 15) is 18.3 Å². The number of anilines is 1. The van der Waals surface area contributed by atoms with Crippen LogP contribution in [0.5, 0.6) is 0 Å². The van der Waals surface area contributed by atoms with Crippen LogP contribution in [0, 0.1) is 11.3 Å². The summed E-state index contributed by atoms with van der Waals surface area (Å²) in [6.07, 6.45) is 5.35. The van der Waals surface area contributed by atoms with Crippen LogP contribution in [0.4, 0.5) is 5.69 Å². The molecule has 3 heterocycles. The topological polar surface area (TPSA) is 136 Å². The van der Waals surface area contributed by atoms with Gasteiger partial charge in [0.25, 0.3) is 0 Å². The Kier molecular flexibility index (Phi) is 9.02. The number of carbonyl (C=O) groups is 1. The van der Waals surface area contributed by atoms with Crippen LogP contribution in [0.15, 0.2) is 36.4 Å². The van der Waals surface area contributed by atoms with E-state index in [2.05, 4.69) is 36.5 Å². The van der Waals surface area contributed by atoms with E-state index in [1.54, 1.807) is 6.07 Å². The predicted molar refractivity (Wildman–Crippen MR) is 169 cm³/mol. The molecule has 224 valence electrons. The molecule has 6 N–H and O–H groups in total. The molecule has 0 unspecified atom stereocenters. The number of Topliss-reactive ketones (excluding diaryl/α,β-unsaturated/α-hetero) is 1. The molecule has 0 bridgehead atoms. The third-order valence-corrected chi connectivity index (χ3v) is 10.1. The van der Waals surface area contributed by atoms with Gasteiger partial charge in [0.15, 0.2) is 5.78 Å². The number of nitrogens with one attached hydrogen (secondary N) is 1. The maximum absolute atomic E-state index is 13.7. The maximum Gasteiger partial charge on any atom is 0.229 e. The lowest BCUT2D eigenvalue weighted by Crippen LogP contribution is -2.59. The second kappa shape index (κ2) is 11.7. The van der Waals surface area contributed by atoms with Crippen LogP contribution in [-0.4, -0.2) is 60.7 Å². The highest BCUT2D eigenvalue weighted by atomic mass is 32.2. The summed E-state index contributed by atoms with van der Waals surface area (Å²) in [7, 11) is -3.41. The minimum Gasteiger partial charge on any atom is -0.388 e. The van der Waals surface area contributed by atoms with Crippen LogP contribution in [-0.2, 0) is 22.9 Å². The largest absolute Gasteiger partial charge is 0.388 e. The number of nitrogens with zero attached hydrogens (tertiary/aromatic N) is 2. The first kappa shape index (κ1) is 31.6. The summed E-state index contributed by atoms with van der Waals surface area (Å²) in [5, 5.41) is 11.2. The highest BCUT2D eigenvalue weighted by Crippen LogP contribution is 2.39. The number of β-amino-alcohol motifs (C(OH)–C–C–N with tert-alkyl or cyclic N) is 1. The average Bonchev–Trinajstić information content (AvgIpc) is 3.25. The van der Waals surface area contributed by atoms with Gasteiger partial charge in [0.1, 0.15) is 4.83 Å². The Bertz CT molecular complexity index is 1520. The third kappa shape index (κ3) is 7.73. The van der Waals surface area contributed by atoms with Gasteiger partial charge in [-0.3, -0.25) is 14.4 Å². The smallest absolute Gasteiger partial charge is 0.229 e. The highest BCUT2D eigenvalue weighted by molar-refractivity contribution is 7.92.